The van der Waals surface area contributed by atoms with Crippen molar-refractivity contribution in [3.63, 3.8) is 0 Å². The molecule has 14 heavy (non-hydrogen) atoms. The van der Waals surface area contributed by atoms with Crippen LogP contribution in [0.25, 0.3) is 0 Å². The molecule has 0 aliphatic carbocycles. The van der Waals surface area contributed by atoms with Crippen LogP contribution in [0.1, 0.15) is 20.7 Å². The van der Waals surface area contributed by atoms with Crippen LogP contribution in [-0.4, -0.2) is 21.6 Å². The summed E-state index contributed by atoms with van der Waals surface area (Å²) in [7, 11) is 1.35. The minimum atomic E-state index is -1.22. The van der Waals surface area contributed by atoms with E-state index in [-0.39, 0.29) is 11.1 Å². The minimum Gasteiger partial charge on any atom is -0.478 e. The second kappa shape index (κ2) is 3.33. The monoisotopic (exact) mass is 196 g/mol. The van der Waals surface area contributed by atoms with Gasteiger partial charge in [-0.15, -0.1) is 0 Å². The number of aromatic nitrogens is 1. The number of rotatable bonds is 2. The van der Waals surface area contributed by atoms with E-state index in [4.69, 9.17) is 10.8 Å². The molecular formula is C8H8N2O4. The molecule has 0 atom stereocenters. The van der Waals surface area contributed by atoms with E-state index in [1.54, 1.807) is 0 Å². The molecule has 3 N–H and O–H groups in total. The minimum absolute atomic E-state index is 0.152. The zero-order chi connectivity index (χ0) is 10.9. The quantitative estimate of drug-likeness (QED) is 0.645. The summed E-state index contributed by atoms with van der Waals surface area (Å²) >= 11 is 0. The predicted molar refractivity (Wildman–Crippen MR) is 47.2 cm³/mol. The fourth-order valence-electron chi connectivity index (χ4n) is 1.01. The highest BCUT2D eigenvalue weighted by Crippen LogP contribution is 1.99. The Balaban J connectivity index is 3.51. The van der Waals surface area contributed by atoms with Crippen LogP contribution in [0.2, 0.25) is 0 Å². The molecule has 0 aromatic carbocycles. The maximum atomic E-state index is 11.3. The van der Waals surface area contributed by atoms with Crippen LogP contribution in [-0.2, 0) is 7.05 Å². The van der Waals surface area contributed by atoms with Gasteiger partial charge in [-0.1, -0.05) is 0 Å². The van der Waals surface area contributed by atoms with Gasteiger partial charge < -0.3 is 15.4 Å². The first-order valence-corrected chi connectivity index (χ1v) is 3.67. The highest BCUT2D eigenvalue weighted by atomic mass is 16.4. The van der Waals surface area contributed by atoms with Gasteiger partial charge in [-0.05, 0) is 6.07 Å². The zero-order valence-corrected chi connectivity index (χ0v) is 7.35. The number of carbonyl (C=O) groups is 2. The predicted octanol–water partition coefficient (Wildman–Crippen LogP) is -0.818. The van der Waals surface area contributed by atoms with Gasteiger partial charge in [0.2, 0.25) is 0 Å². The molecule has 0 saturated carbocycles. The number of hydrogen-bond donors (Lipinski definition) is 2. The molecule has 1 aromatic rings. The van der Waals surface area contributed by atoms with Gasteiger partial charge >= 0.3 is 5.97 Å². The van der Waals surface area contributed by atoms with E-state index in [9.17, 15) is 14.4 Å². The van der Waals surface area contributed by atoms with Crippen LogP contribution < -0.4 is 11.3 Å². The first-order chi connectivity index (χ1) is 6.43. The van der Waals surface area contributed by atoms with Crippen molar-refractivity contribution in [1.82, 2.24) is 4.57 Å². The Morgan fingerprint density at radius 3 is 2.50 bits per heavy atom. The second-order valence-electron chi connectivity index (χ2n) is 2.73. The number of carboxylic acids is 1. The lowest BCUT2D eigenvalue weighted by Crippen LogP contribution is -2.28. The number of aromatic carboxylic acids is 1. The van der Waals surface area contributed by atoms with Crippen molar-refractivity contribution >= 4 is 11.9 Å². The SMILES string of the molecule is Cn1cc(C(=O)O)cc(C(N)=O)c1=O. The Hall–Kier alpha value is -2.11. The number of nitrogens with zero attached hydrogens (tertiary/aromatic N) is 1. The van der Waals surface area contributed by atoms with E-state index in [1.807, 2.05) is 0 Å². The summed E-state index contributed by atoms with van der Waals surface area (Å²) in [4.78, 5) is 32.6. The van der Waals surface area contributed by atoms with Gasteiger partial charge in [-0.2, -0.15) is 0 Å². The van der Waals surface area contributed by atoms with Gasteiger partial charge in [0.05, 0.1) is 5.56 Å². The van der Waals surface area contributed by atoms with E-state index in [1.165, 1.54) is 7.05 Å². The summed E-state index contributed by atoms with van der Waals surface area (Å²) in [6, 6.07) is 0.965. The Bertz CT molecular complexity index is 461. The number of carbonyl (C=O) groups excluding carboxylic acids is 1. The third-order valence-corrected chi connectivity index (χ3v) is 1.70. The fraction of sp³-hybridized carbons (Fsp3) is 0.125. The second-order valence-corrected chi connectivity index (χ2v) is 2.73. The summed E-state index contributed by atoms with van der Waals surface area (Å²) in [6.45, 7) is 0. The summed E-state index contributed by atoms with van der Waals surface area (Å²) in [5.41, 5.74) is 3.82. The van der Waals surface area contributed by atoms with Crippen molar-refractivity contribution in [3.8, 4) is 0 Å². The average molecular weight is 196 g/mol. The molecule has 0 fully saturated rings. The van der Waals surface area contributed by atoms with Gasteiger partial charge in [0.1, 0.15) is 5.56 Å². The van der Waals surface area contributed by atoms with Crippen LogP contribution in [0.15, 0.2) is 17.1 Å². The number of hydrogen-bond acceptors (Lipinski definition) is 3. The Kier molecular flexibility index (Phi) is 2.37. The van der Waals surface area contributed by atoms with Gasteiger partial charge in [0, 0.05) is 13.2 Å². The normalized spacial score (nSPS) is 9.79. The molecule has 0 aliphatic heterocycles. The molecular weight excluding hydrogens is 188 g/mol. The van der Waals surface area contributed by atoms with Crippen LogP contribution in [0, 0.1) is 0 Å². The van der Waals surface area contributed by atoms with Crippen LogP contribution in [0.3, 0.4) is 0 Å². The van der Waals surface area contributed by atoms with Gasteiger partial charge in [0.25, 0.3) is 11.5 Å². The molecule has 0 unspecified atom stereocenters. The maximum absolute atomic E-state index is 11.3. The lowest BCUT2D eigenvalue weighted by atomic mass is 10.2. The molecule has 0 aliphatic rings. The number of nitrogens with two attached hydrogens (primary N) is 1. The third-order valence-electron chi connectivity index (χ3n) is 1.70. The van der Waals surface area contributed by atoms with Gasteiger partial charge in [0.15, 0.2) is 0 Å². The average Bonchev–Trinajstić information content (AvgIpc) is 2.08. The molecule has 74 valence electrons. The van der Waals surface area contributed by atoms with E-state index in [0.717, 1.165) is 16.8 Å². The molecule has 0 saturated heterocycles. The molecule has 1 amide bonds. The number of aryl methyl sites for hydroxylation is 1. The fourth-order valence-corrected chi connectivity index (χ4v) is 1.01. The molecule has 1 aromatic heterocycles. The summed E-state index contributed by atoms with van der Waals surface area (Å²) in [6.07, 6.45) is 1.12. The van der Waals surface area contributed by atoms with E-state index in [2.05, 4.69) is 0 Å². The molecule has 6 nitrogen and oxygen atoms in total. The van der Waals surface area contributed by atoms with E-state index < -0.39 is 17.4 Å². The lowest BCUT2D eigenvalue weighted by molar-refractivity contribution is 0.0696. The maximum Gasteiger partial charge on any atom is 0.337 e. The standard InChI is InChI=1S/C8H8N2O4/c1-10-3-4(8(13)14)2-5(6(9)11)7(10)12/h2-3H,1H3,(H2,9,11)(H,13,14). The summed E-state index contributed by atoms with van der Waals surface area (Å²) < 4.78 is 1.00. The lowest BCUT2D eigenvalue weighted by Gasteiger charge is -2.02. The third kappa shape index (κ3) is 1.63. The Labute approximate surface area is 78.6 Å². The van der Waals surface area contributed by atoms with E-state index in [0.29, 0.717) is 0 Å². The Morgan fingerprint density at radius 2 is 2.07 bits per heavy atom. The Morgan fingerprint density at radius 1 is 1.50 bits per heavy atom. The van der Waals surface area contributed by atoms with Crippen molar-refractivity contribution in [1.29, 1.82) is 0 Å². The van der Waals surface area contributed by atoms with Crippen molar-refractivity contribution < 1.29 is 14.7 Å². The highest BCUT2D eigenvalue weighted by molar-refractivity contribution is 5.95. The molecule has 6 heteroatoms. The molecule has 0 radical (unpaired) electrons. The van der Waals surface area contributed by atoms with Crippen molar-refractivity contribution in [2.75, 3.05) is 0 Å². The highest BCUT2D eigenvalue weighted by Gasteiger charge is 2.12. The molecule has 1 rings (SSSR count). The first kappa shape index (κ1) is 9.97. The van der Waals surface area contributed by atoms with Gasteiger partial charge in [-0.25, -0.2) is 4.79 Å². The number of primary amides is 1. The van der Waals surface area contributed by atoms with Crippen molar-refractivity contribution in [2.45, 2.75) is 0 Å². The van der Waals surface area contributed by atoms with Crippen LogP contribution in [0.5, 0.6) is 0 Å². The largest absolute Gasteiger partial charge is 0.478 e. The molecule has 1 heterocycles. The van der Waals surface area contributed by atoms with Crippen molar-refractivity contribution in [2.24, 2.45) is 12.8 Å². The topological polar surface area (TPSA) is 102 Å². The van der Waals surface area contributed by atoms with E-state index >= 15 is 0 Å². The van der Waals surface area contributed by atoms with Crippen molar-refractivity contribution in [3.05, 3.63) is 33.7 Å². The van der Waals surface area contributed by atoms with Crippen LogP contribution in [0.4, 0.5) is 0 Å². The first-order valence-electron chi connectivity index (χ1n) is 3.67. The molecule has 0 bridgehead atoms. The summed E-state index contributed by atoms with van der Waals surface area (Å²) in [5.74, 6) is -2.16. The van der Waals surface area contributed by atoms with Gasteiger partial charge in [-0.3, -0.25) is 9.59 Å². The summed E-state index contributed by atoms with van der Waals surface area (Å²) in [5, 5.41) is 8.64. The zero-order valence-electron chi connectivity index (χ0n) is 7.35. The molecule has 0 spiro atoms. The van der Waals surface area contributed by atoms with Crippen LogP contribution >= 0.6 is 0 Å². The number of carboxylic acid groups (broad SMARTS) is 1. The number of amides is 1. The smallest absolute Gasteiger partial charge is 0.337 e. The number of pyridine rings is 1.